The number of aryl methyl sites for hydroxylation is 1. The molecule has 1 saturated heterocycles. The topological polar surface area (TPSA) is 49.4 Å². The van der Waals surface area contributed by atoms with Gasteiger partial charge in [0.05, 0.1) is 5.69 Å². The molecule has 4 nitrogen and oxygen atoms in total. The molecule has 1 aliphatic heterocycles. The van der Waals surface area contributed by atoms with Crippen LogP contribution in [0.3, 0.4) is 0 Å². The van der Waals surface area contributed by atoms with Crippen molar-refractivity contribution in [2.24, 2.45) is 0 Å². The van der Waals surface area contributed by atoms with Gasteiger partial charge in [0.1, 0.15) is 24.2 Å². The van der Waals surface area contributed by atoms with E-state index in [0.717, 1.165) is 17.0 Å². The monoisotopic (exact) mass is 268 g/mol. The molecule has 2 rings (SSSR count). The number of hydrogen-bond donors (Lipinski definition) is 1. The minimum atomic E-state index is -0.711. The third kappa shape index (κ3) is 2.43. The zero-order chi connectivity index (χ0) is 14.2. The predicted octanol–water partition coefficient (Wildman–Crippen LogP) is 1.51. The molecule has 0 aliphatic carbocycles. The molecule has 1 N–H and O–H groups in total. The minimum Gasteiger partial charge on any atom is -0.343 e. The summed E-state index contributed by atoms with van der Waals surface area (Å²) in [6.45, 7) is 2.87. The number of anilines is 1. The highest BCUT2D eigenvalue weighted by Gasteiger charge is 2.33. The largest absolute Gasteiger partial charge is 0.343 e. The van der Waals surface area contributed by atoms with Crippen LogP contribution in [0.5, 0.6) is 0 Å². The van der Waals surface area contributed by atoms with E-state index in [4.69, 9.17) is 0 Å². The van der Waals surface area contributed by atoms with E-state index in [2.05, 4.69) is 5.32 Å². The van der Waals surface area contributed by atoms with E-state index >= 15 is 0 Å². The van der Waals surface area contributed by atoms with Gasteiger partial charge in [-0.15, -0.1) is 0 Å². The minimum absolute atomic E-state index is 0.155. The van der Waals surface area contributed by atoms with Crippen molar-refractivity contribution in [3.8, 4) is 0 Å². The lowest BCUT2D eigenvalue weighted by atomic mass is 10.1. The SMILES string of the molecule is CCC1NC(=O)CN(c2cc(F)c(C)cc2F)C1=O. The van der Waals surface area contributed by atoms with Crippen LogP contribution in [0.15, 0.2) is 12.1 Å². The van der Waals surface area contributed by atoms with Gasteiger partial charge in [0.15, 0.2) is 0 Å². The molecule has 1 fully saturated rings. The average Bonchev–Trinajstić information content (AvgIpc) is 2.36. The number of benzene rings is 1. The number of hydrogen-bond acceptors (Lipinski definition) is 2. The molecule has 1 heterocycles. The number of nitrogens with one attached hydrogen (secondary N) is 1. The molecule has 1 unspecified atom stereocenters. The van der Waals surface area contributed by atoms with Crippen molar-refractivity contribution in [2.75, 3.05) is 11.4 Å². The van der Waals surface area contributed by atoms with Gasteiger partial charge in [0.2, 0.25) is 11.8 Å². The highest BCUT2D eigenvalue weighted by Crippen LogP contribution is 2.25. The Hall–Kier alpha value is -1.98. The third-order valence-electron chi connectivity index (χ3n) is 3.13. The maximum Gasteiger partial charge on any atom is 0.250 e. The number of piperazine rings is 1. The summed E-state index contributed by atoms with van der Waals surface area (Å²) in [5, 5.41) is 2.51. The molecular weight excluding hydrogens is 254 g/mol. The maximum atomic E-state index is 13.9. The van der Waals surface area contributed by atoms with Gasteiger partial charge in [0.25, 0.3) is 0 Å². The lowest BCUT2D eigenvalue weighted by molar-refractivity contribution is -0.131. The molecule has 19 heavy (non-hydrogen) atoms. The van der Waals surface area contributed by atoms with Crippen LogP contribution < -0.4 is 10.2 Å². The lowest BCUT2D eigenvalue weighted by Crippen LogP contribution is -2.58. The van der Waals surface area contributed by atoms with Crippen molar-refractivity contribution < 1.29 is 18.4 Å². The Balaban J connectivity index is 2.42. The first kappa shape index (κ1) is 13.5. The molecule has 1 aromatic carbocycles. The second kappa shape index (κ2) is 4.95. The Morgan fingerprint density at radius 3 is 2.63 bits per heavy atom. The Labute approximate surface area is 109 Å². The number of rotatable bonds is 2. The Morgan fingerprint density at radius 1 is 1.32 bits per heavy atom. The van der Waals surface area contributed by atoms with Crippen LogP contribution in [-0.2, 0) is 9.59 Å². The molecule has 6 heteroatoms. The molecular formula is C13H14F2N2O2. The van der Waals surface area contributed by atoms with E-state index in [-0.39, 0.29) is 23.7 Å². The van der Waals surface area contributed by atoms with Gasteiger partial charge in [-0.1, -0.05) is 6.92 Å². The van der Waals surface area contributed by atoms with Crippen LogP contribution in [0.4, 0.5) is 14.5 Å². The Morgan fingerprint density at radius 2 is 2.00 bits per heavy atom. The number of carbonyl (C=O) groups excluding carboxylic acids is 2. The molecule has 0 saturated carbocycles. The number of carbonyl (C=O) groups is 2. The van der Waals surface area contributed by atoms with Crippen molar-refractivity contribution >= 4 is 17.5 Å². The van der Waals surface area contributed by atoms with E-state index in [1.807, 2.05) is 0 Å². The van der Waals surface area contributed by atoms with Crippen molar-refractivity contribution in [2.45, 2.75) is 26.3 Å². The number of amides is 2. The fraction of sp³-hybridized carbons (Fsp3) is 0.385. The van der Waals surface area contributed by atoms with Gasteiger partial charge in [-0.05, 0) is 25.0 Å². The zero-order valence-electron chi connectivity index (χ0n) is 10.7. The summed E-state index contributed by atoms with van der Waals surface area (Å²) in [5.41, 5.74) is -0.0383. The first-order chi connectivity index (χ1) is 8.93. The van der Waals surface area contributed by atoms with Crippen molar-refractivity contribution in [3.05, 3.63) is 29.3 Å². The van der Waals surface area contributed by atoms with Gasteiger partial charge in [-0.3, -0.25) is 14.5 Å². The first-order valence-electron chi connectivity index (χ1n) is 6.00. The normalized spacial score (nSPS) is 19.6. The van der Waals surface area contributed by atoms with Crippen LogP contribution in [-0.4, -0.2) is 24.4 Å². The van der Waals surface area contributed by atoms with E-state index in [0.29, 0.717) is 6.42 Å². The van der Waals surface area contributed by atoms with Gasteiger partial charge >= 0.3 is 0 Å². The standard InChI is InChI=1S/C13H14F2N2O2/c1-3-10-13(19)17(6-12(18)16-10)11-5-8(14)7(2)4-9(11)15/h4-5,10H,3,6H2,1-2H3,(H,16,18). The molecule has 0 radical (unpaired) electrons. The van der Waals surface area contributed by atoms with E-state index in [1.165, 1.54) is 6.92 Å². The van der Waals surface area contributed by atoms with Crippen molar-refractivity contribution in [1.29, 1.82) is 0 Å². The Bertz CT molecular complexity index is 546. The summed E-state index contributed by atoms with van der Waals surface area (Å²) in [6.07, 6.45) is 0.400. The van der Waals surface area contributed by atoms with Crippen molar-refractivity contribution in [3.63, 3.8) is 0 Å². The molecule has 0 bridgehead atoms. The summed E-state index contributed by atoms with van der Waals surface area (Å²) in [5.74, 6) is -2.13. The smallest absolute Gasteiger partial charge is 0.250 e. The number of halogens is 2. The molecule has 2 amide bonds. The van der Waals surface area contributed by atoms with E-state index in [9.17, 15) is 18.4 Å². The molecule has 1 aromatic rings. The highest BCUT2D eigenvalue weighted by molar-refractivity contribution is 6.06. The fourth-order valence-electron chi connectivity index (χ4n) is 2.03. The van der Waals surface area contributed by atoms with Gasteiger partial charge in [-0.25, -0.2) is 8.78 Å². The summed E-state index contributed by atoms with van der Waals surface area (Å²) >= 11 is 0. The summed E-state index contributed by atoms with van der Waals surface area (Å²) < 4.78 is 27.4. The lowest BCUT2D eigenvalue weighted by Gasteiger charge is -2.32. The second-order valence-electron chi connectivity index (χ2n) is 4.51. The summed E-state index contributed by atoms with van der Waals surface area (Å²) in [7, 11) is 0. The molecule has 0 aromatic heterocycles. The Kier molecular flexibility index (Phi) is 3.50. The summed E-state index contributed by atoms with van der Waals surface area (Å²) in [4.78, 5) is 24.6. The molecule has 1 atom stereocenters. The van der Waals surface area contributed by atoms with E-state index < -0.39 is 23.6 Å². The predicted molar refractivity (Wildman–Crippen MR) is 65.7 cm³/mol. The molecule has 102 valence electrons. The average molecular weight is 268 g/mol. The van der Waals surface area contributed by atoms with Crippen LogP contribution >= 0.6 is 0 Å². The summed E-state index contributed by atoms with van der Waals surface area (Å²) in [6, 6.07) is 1.28. The maximum absolute atomic E-state index is 13.9. The van der Waals surface area contributed by atoms with Gasteiger partial charge < -0.3 is 5.32 Å². The van der Waals surface area contributed by atoms with Crippen LogP contribution in [0, 0.1) is 18.6 Å². The van der Waals surface area contributed by atoms with Crippen LogP contribution in [0.2, 0.25) is 0 Å². The third-order valence-corrected chi connectivity index (χ3v) is 3.13. The van der Waals surface area contributed by atoms with Crippen molar-refractivity contribution in [1.82, 2.24) is 5.32 Å². The second-order valence-corrected chi connectivity index (χ2v) is 4.51. The van der Waals surface area contributed by atoms with Crippen LogP contribution in [0.25, 0.3) is 0 Å². The quantitative estimate of drug-likeness (QED) is 0.884. The fourth-order valence-corrected chi connectivity index (χ4v) is 2.03. The molecule has 0 spiro atoms. The van der Waals surface area contributed by atoms with E-state index in [1.54, 1.807) is 6.92 Å². The van der Waals surface area contributed by atoms with Gasteiger partial charge in [-0.2, -0.15) is 0 Å². The number of nitrogens with zero attached hydrogens (tertiary/aromatic N) is 1. The molecule has 1 aliphatic rings. The zero-order valence-corrected chi connectivity index (χ0v) is 10.7. The van der Waals surface area contributed by atoms with Gasteiger partial charge in [0, 0.05) is 6.07 Å². The highest BCUT2D eigenvalue weighted by atomic mass is 19.1. The first-order valence-corrected chi connectivity index (χ1v) is 6.00. The van der Waals surface area contributed by atoms with Crippen LogP contribution in [0.1, 0.15) is 18.9 Å².